The highest BCUT2D eigenvalue weighted by Gasteiger charge is 2.10. The molecule has 0 heterocycles. The minimum Gasteiger partial charge on any atom is -0.493 e. The number of carbonyl (C=O) groups excluding carboxylic acids is 1. The molecule has 0 saturated heterocycles. The molecule has 19 heavy (non-hydrogen) atoms. The third kappa shape index (κ3) is 4.63. The first kappa shape index (κ1) is 15.0. The lowest BCUT2D eigenvalue weighted by molar-refractivity contribution is 0.0953. The highest BCUT2D eigenvalue weighted by Crippen LogP contribution is 2.27. The zero-order valence-corrected chi connectivity index (χ0v) is 11.4. The van der Waals surface area contributed by atoms with Crippen molar-refractivity contribution in [3.63, 3.8) is 0 Å². The molecule has 0 atom stereocenters. The van der Waals surface area contributed by atoms with E-state index in [0.717, 1.165) is 6.54 Å². The summed E-state index contributed by atoms with van der Waals surface area (Å²) in [5.41, 5.74) is 0.541. The van der Waals surface area contributed by atoms with Crippen LogP contribution in [0.3, 0.4) is 0 Å². The Morgan fingerprint density at radius 1 is 1.37 bits per heavy atom. The zero-order valence-electron chi connectivity index (χ0n) is 11.4. The van der Waals surface area contributed by atoms with Gasteiger partial charge in [-0.3, -0.25) is 4.79 Å². The van der Waals surface area contributed by atoms with Crippen LogP contribution in [0.1, 0.15) is 10.4 Å². The van der Waals surface area contributed by atoms with Crippen LogP contribution in [-0.4, -0.2) is 39.8 Å². The molecule has 0 aromatic heterocycles. The summed E-state index contributed by atoms with van der Waals surface area (Å²) < 4.78 is 10.6. The van der Waals surface area contributed by atoms with E-state index in [1.54, 1.807) is 31.4 Å². The van der Waals surface area contributed by atoms with Crippen molar-refractivity contribution in [2.24, 2.45) is 0 Å². The van der Waals surface area contributed by atoms with E-state index >= 15 is 0 Å². The first-order valence-electron chi connectivity index (χ1n) is 6.07. The summed E-state index contributed by atoms with van der Waals surface area (Å²) in [5.74, 6) is 0.987. The SMILES string of the molecule is C=CCOc1ccc(C(=O)NCCNC)cc1OC. The third-order valence-electron chi connectivity index (χ3n) is 2.44. The maximum absolute atomic E-state index is 11.9. The smallest absolute Gasteiger partial charge is 0.251 e. The summed E-state index contributed by atoms with van der Waals surface area (Å²) in [4.78, 5) is 11.9. The molecule has 5 nitrogen and oxygen atoms in total. The third-order valence-corrected chi connectivity index (χ3v) is 2.44. The van der Waals surface area contributed by atoms with Gasteiger partial charge >= 0.3 is 0 Å². The Morgan fingerprint density at radius 2 is 2.16 bits per heavy atom. The number of ether oxygens (including phenoxy) is 2. The van der Waals surface area contributed by atoms with E-state index in [1.165, 1.54) is 0 Å². The van der Waals surface area contributed by atoms with Crippen LogP contribution in [0.5, 0.6) is 11.5 Å². The first-order valence-corrected chi connectivity index (χ1v) is 6.07. The highest BCUT2D eigenvalue weighted by molar-refractivity contribution is 5.94. The topological polar surface area (TPSA) is 59.6 Å². The molecular weight excluding hydrogens is 244 g/mol. The van der Waals surface area contributed by atoms with Gasteiger partial charge in [-0.25, -0.2) is 0 Å². The average Bonchev–Trinajstić information content (AvgIpc) is 2.45. The van der Waals surface area contributed by atoms with E-state index in [2.05, 4.69) is 17.2 Å². The number of hydrogen-bond donors (Lipinski definition) is 2. The molecule has 0 saturated carbocycles. The van der Waals surface area contributed by atoms with Gasteiger partial charge in [0.1, 0.15) is 6.61 Å². The molecule has 0 fully saturated rings. The number of nitrogens with one attached hydrogen (secondary N) is 2. The molecule has 2 N–H and O–H groups in total. The molecule has 5 heteroatoms. The van der Waals surface area contributed by atoms with Crippen LogP contribution in [0, 0.1) is 0 Å². The Labute approximate surface area is 113 Å². The molecule has 1 amide bonds. The summed E-state index contributed by atoms with van der Waals surface area (Å²) in [7, 11) is 3.37. The quantitative estimate of drug-likeness (QED) is 0.547. The van der Waals surface area contributed by atoms with Crippen molar-refractivity contribution in [3.05, 3.63) is 36.4 Å². The number of amides is 1. The van der Waals surface area contributed by atoms with E-state index in [-0.39, 0.29) is 5.91 Å². The fraction of sp³-hybridized carbons (Fsp3) is 0.357. The average molecular weight is 264 g/mol. The Bertz CT molecular complexity index is 433. The molecule has 1 rings (SSSR count). The molecule has 1 aromatic carbocycles. The maximum atomic E-state index is 11.9. The molecule has 0 bridgehead atoms. The number of rotatable bonds is 8. The van der Waals surface area contributed by atoms with Crippen molar-refractivity contribution in [1.82, 2.24) is 10.6 Å². The zero-order chi connectivity index (χ0) is 14.1. The van der Waals surface area contributed by atoms with Gasteiger partial charge in [-0.1, -0.05) is 12.7 Å². The number of likely N-dealkylation sites (N-methyl/N-ethyl adjacent to an activating group) is 1. The van der Waals surface area contributed by atoms with E-state index in [4.69, 9.17) is 9.47 Å². The summed E-state index contributed by atoms with van der Waals surface area (Å²) in [6, 6.07) is 5.08. The van der Waals surface area contributed by atoms with Crippen molar-refractivity contribution >= 4 is 5.91 Å². The predicted molar refractivity (Wildman–Crippen MR) is 74.9 cm³/mol. The van der Waals surface area contributed by atoms with Gasteiger partial charge in [0.15, 0.2) is 11.5 Å². The summed E-state index contributed by atoms with van der Waals surface area (Å²) in [6.45, 7) is 5.28. The van der Waals surface area contributed by atoms with Crippen molar-refractivity contribution in [2.75, 3.05) is 33.9 Å². The van der Waals surface area contributed by atoms with Crippen molar-refractivity contribution in [1.29, 1.82) is 0 Å². The van der Waals surface area contributed by atoms with E-state index < -0.39 is 0 Å². The molecule has 0 aliphatic carbocycles. The van der Waals surface area contributed by atoms with Gasteiger partial charge < -0.3 is 20.1 Å². The second-order valence-corrected chi connectivity index (χ2v) is 3.82. The lowest BCUT2D eigenvalue weighted by atomic mass is 10.2. The van der Waals surface area contributed by atoms with Gasteiger partial charge in [0.2, 0.25) is 0 Å². The number of benzene rings is 1. The molecule has 104 valence electrons. The minimum absolute atomic E-state index is 0.135. The largest absolute Gasteiger partial charge is 0.493 e. The van der Waals surface area contributed by atoms with Crippen molar-refractivity contribution in [3.8, 4) is 11.5 Å². The molecule has 1 aromatic rings. The fourth-order valence-corrected chi connectivity index (χ4v) is 1.48. The Hall–Kier alpha value is -2.01. The summed E-state index contributed by atoms with van der Waals surface area (Å²) in [6.07, 6.45) is 1.65. The molecule has 0 radical (unpaired) electrons. The Morgan fingerprint density at radius 3 is 2.79 bits per heavy atom. The number of methoxy groups -OCH3 is 1. The van der Waals surface area contributed by atoms with Crippen molar-refractivity contribution in [2.45, 2.75) is 0 Å². The summed E-state index contributed by atoms with van der Waals surface area (Å²) >= 11 is 0. The van der Waals surface area contributed by atoms with Crippen LogP contribution >= 0.6 is 0 Å². The molecule has 0 spiro atoms. The van der Waals surface area contributed by atoms with Crippen LogP contribution in [0.15, 0.2) is 30.9 Å². The minimum atomic E-state index is -0.135. The van der Waals surface area contributed by atoms with E-state index in [1.807, 2.05) is 7.05 Å². The predicted octanol–water partition coefficient (Wildman–Crippen LogP) is 1.21. The van der Waals surface area contributed by atoms with Gasteiger partial charge in [-0.2, -0.15) is 0 Å². The van der Waals surface area contributed by atoms with Crippen molar-refractivity contribution < 1.29 is 14.3 Å². The van der Waals surface area contributed by atoms with Gasteiger partial charge in [-0.15, -0.1) is 0 Å². The monoisotopic (exact) mass is 264 g/mol. The first-order chi connectivity index (χ1) is 9.22. The number of hydrogen-bond acceptors (Lipinski definition) is 4. The lowest BCUT2D eigenvalue weighted by Crippen LogP contribution is -2.30. The molecule has 0 aliphatic heterocycles. The standard InChI is InChI=1S/C14H20N2O3/c1-4-9-19-12-6-5-11(10-13(12)18-3)14(17)16-8-7-15-2/h4-6,10,15H,1,7-9H2,2-3H3,(H,16,17). The Balaban J connectivity index is 2.75. The normalized spacial score (nSPS) is 9.79. The van der Waals surface area contributed by atoms with Gasteiger partial charge in [-0.05, 0) is 25.2 Å². The van der Waals surface area contributed by atoms with Gasteiger partial charge in [0.25, 0.3) is 5.91 Å². The highest BCUT2D eigenvalue weighted by atomic mass is 16.5. The van der Waals surface area contributed by atoms with Gasteiger partial charge in [0.05, 0.1) is 7.11 Å². The Kier molecular flexibility index (Phi) is 6.46. The summed E-state index contributed by atoms with van der Waals surface area (Å²) in [5, 5.41) is 5.76. The molecule has 0 aliphatic rings. The van der Waals surface area contributed by atoms with E-state index in [0.29, 0.717) is 30.2 Å². The number of carbonyl (C=O) groups is 1. The second-order valence-electron chi connectivity index (χ2n) is 3.82. The van der Waals surface area contributed by atoms with Crippen LogP contribution in [-0.2, 0) is 0 Å². The van der Waals surface area contributed by atoms with Crippen LogP contribution in [0.2, 0.25) is 0 Å². The van der Waals surface area contributed by atoms with Crippen LogP contribution < -0.4 is 20.1 Å². The van der Waals surface area contributed by atoms with Gasteiger partial charge in [0, 0.05) is 18.7 Å². The molecule has 0 unspecified atom stereocenters. The fourth-order valence-electron chi connectivity index (χ4n) is 1.48. The van der Waals surface area contributed by atoms with Crippen LogP contribution in [0.25, 0.3) is 0 Å². The van der Waals surface area contributed by atoms with E-state index in [9.17, 15) is 4.79 Å². The van der Waals surface area contributed by atoms with Crippen LogP contribution in [0.4, 0.5) is 0 Å². The second kappa shape index (κ2) is 8.16. The maximum Gasteiger partial charge on any atom is 0.251 e. The molecular formula is C14H20N2O3. The lowest BCUT2D eigenvalue weighted by Gasteiger charge is -2.11.